The van der Waals surface area contributed by atoms with Crippen LogP contribution >= 0.6 is 15.9 Å². The maximum absolute atomic E-state index is 13.4. The second kappa shape index (κ2) is 5.75. The SMILES string of the molecule is CCOC(=O)/C(F)=C(\F)c1ccc(Br)cc1. The third-order valence-electron chi connectivity index (χ3n) is 1.75. The minimum atomic E-state index is -1.51. The molecule has 0 aliphatic carbocycles. The molecule has 1 aromatic carbocycles. The van der Waals surface area contributed by atoms with Gasteiger partial charge in [-0.2, -0.15) is 4.39 Å². The summed E-state index contributed by atoms with van der Waals surface area (Å²) in [7, 11) is 0. The van der Waals surface area contributed by atoms with Crippen molar-refractivity contribution in [1.29, 1.82) is 0 Å². The molecule has 1 rings (SSSR count). The fraction of sp³-hybridized carbons (Fsp3) is 0.182. The fourth-order valence-corrected chi connectivity index (χ4v) is 1.27. The Labute approximate surface area is 100 Å². The van der Waals surface area contributed by atoms with E-state index in [1.54, 1.807) is 12.1 Å². The third kappa shape index (κ3) is 3.13. The topological polar surface area (TPSA) is 26.3 Å². The van der Waals surface area contributed by atoms with Gasteiger partial charge in [0.1, 0.15) is 0 Å². The van der Waals surface area contributed by atoms with Crippen molar-refractivity contribution >= 4 is 27.7 Å². The number of hydrogen-bond acceptors (Lipinski definition) is 2. The van der Waals surface area contributed by atoms with Crippen LogP contribution in [0.5, 0.6) is 0 Å². The quantitative estimate of drug-likeness (QED) is 0.628. The summed E-state index contributed by atoms with van der Waals surface area (Å²) in [6, 6.07) is 5.82. The van der Waals surface area contributed by atoms with E-state index in [4.69, 9.17) is 0 Å². The van der Waals surface area contributed by atoms with E-state index < -0.39 is 17.6 Å². The van der Waals surface area contributed by atoms with Crippen LogP contribution in [0, 0.1) is 0 Å². The number of carbonyl (C=O) groups excluding carboxylic acids is 1. The van der Waals surface area contributed by atoms with E-state index in [1.165, 1.54) is 19.1 Å². The Bertz CT molecular complexity index is 412. The molecule has 1 aromatic rings. The molecule has 5 heteroatoms. The van der Waals surface area contributed by atoms with Gasteiger partial charge >= 0.3 is 5.97 Å². The standard InChI is InChI=1S/C11H9BrF2O2/c1-2-16-11(15)10(14)9(13)7-3-5-8(12)6-4-7/h3-6H,2H2,1H3/b10-9+. The minimum Gasteiger partial charge on any atom is -0.461 e. The average molecular weight is 291 g/mol. The largest absolute Gasteiger partial charge is 0.461 e. The molecule has 0 atom stereocenters. The lowest BCUT2D eigenvalue weighted by atomic mass is 10.2. The highest BCUT2D eigenvalue weighted by atomic mass is 79.9. The zero-order valence-electron chi connectivity index (χ0n) is 8.47. The molecule has 86 valence electrons. The smallest absolute Gasteiger partial charge is 0.370 e. The Morgan fingerprint density at radius 1 is 1.31 bits per heavy atom. The molecular formula is C11H9BrF2O2. The summed E-state index contributed by atoms with van der Waals surface area (Å²) >= 11 is 3.16. The van der Waals surface area contributed by atoms with E-state index >= 15 is 0 Å². The zero-order chi connectivity index (χ0) is 12.1. The lowest BCUT2D eigenvalue weighted by Crippen LogP contribution is -2.05. The van der Waals surface area contributed by atoms with Gasteiger partial charge in [0.25, 0.3) is 0 Å². The van der Waals surface area contributed by atoms with Crippen molar-refractivity contribution in [3.05, 3.63) is 40.1 Å². The number of rotatable bonds is 3. The van der Waals surface area contributed by atoms with Crippen LogP contribution in [-0.2, 0) is 9.53 Å². The molecule has 0 radical (unpaired) electrons. The Morgan fingerprint density at radius 2 is 1.88 bits per heavy atom. The maximum atomic E-state index is 13.4. The van der Waals surface area contributed by atoms with E-state index in [9.17, 15) is 13.6 Å². The van der Waals surface area contributed by atoms with Crippen LogP contribution in [0.2, 0.25) is 0 Å². The number of halogens is 3. The van der Waals surface area contributed by atoms with Crippen molar-refractivity contribution in [2.24, 2.45) is 0 Å². The predicted octanol–water partition coefficient (Wildman–Crippen LogP) is 3.62. The van der Waals surface area contributed by atoms with E-state index in [1.807, 2.05) is 0 Å². The number of ether oxygens (including phenoxy) is 1. The molecule has 0 saturated heterocycles. The highest BCUT2D eigenvalue weighted by Gasteiger charge is 2.17. The zero-order valence-corrected chi connectivity index (χ0v) is 10.1. The monoisotopic (exact) mass is 290 g/mol. The molecule has 0 amide bonds. The number of esters is 1. The predicted molar refractivity (Wildman–Crippen MR) is 59.9 cm³/mol. The maximum Gasteiger partial charge on any atom is 0.370 e. The van der Waals surface area contributed by atoms with Crippen molar-refractivity contribution < 1.29 is 18.3 Å². The molecule has 0 unspecified atom stereocenters. The fourth-order valence-electron chi connectivity index (χ4n) is 1.01. The first kappa shape index (κ1) is 12.8. The molecule has 0 fully saturated rings. The second-order valence-corrected chi connectivity index (χ2v) is 3.77. The summed E-state index contributed by atoms with van der Waals surface area (Å²) in [5, 5.41) is 0. The molecule has 0 aliphatic rings. The lowest BCUT2D eigenvalue weighted by molar-refractivity contribution is -0.140. The van der Waals surface area contributed by atoms with E-state index in [2.05, 4.69) is 20.7 Å². The average Bonchev–Trinajstić information content (AvgIpc) is 2.28. The lowest BCUT2D eigenvalue weighted by Gasteiger charge is -2.01. The van der Waals surface area contributed by atoms with Gasteiger partial charge in [0.2, 0.25) is 5.83 Å². The van der Waals surface area contributed by atoms with Crippen molar-refractivity contribution in [2.45, 2.75) is 6.92 Å². The normalized spacial score (nSPS) is 12.0. The molecule has 0 aliphatic heterocycles. The molecule has 2 nitrogen and oxygen atoms in total. The molecule has 0 heterocycles. The van der Waals surface area contributed by atoms with Gasteiger partial charge in [0, 0.05) is 10.0 Å². The Balaban J connectivity index is 2.99. The van der Waals surface area contributed by atoms with Gasteiger partial charge in [-0.15, -0.1) is 0 Å². The third-order valence-corrected chi connectivity index (χ3v) is 2.27. The van der Waals surface area contributed by atoms with Crippen LogP contribution in [0.4, 0.5) is 8.78 Å². The van der Waals surface area contributed by atoms with Crippen molar-refractivity contribution in [3.63, 3.8) is 0 Å². The van der Waals surface area contributed by atoms with Crippen molar-refractivity contribution in [2.75, 3.05) is 6.61 Å². The van der Waals surface area contributed by atoms with Crippen LogP contribution in [0.1, 0.15) is 12.5 Å². The Kier molecular flexibility index (Phi) is 4.61. The van der Waals surface area contributed by atoms with Gasteiger partial charge in [-0.1, -0.05) is 28.1 Å². The first-order valence-electron chi connectivity index (χ1n) is 4.54. The van der Waals surface area contributed by atoms with Crippen molar-refractivity contribution in [1.82, 2.24) is 0 Å². The molecule has 0 N–H and O–H groups in total. The summed E-state index contributed by atoms with van der Waals surface area (Å²) < 4.78 is 31.7. The summed E-state index contributed by atoms with van der Waals surface area (Å²) in [4.78, 5) is 10.9. The Hall–Kier alpha value is -1.23. The first-order valence-corrected chi connectivity index (χ1v) is 5.34. The molecule has 0 aromatic heterocycles. The van der Waals surface area contributed by atoms with Crippen LogP contribution < -0.4 is 0 Å². The van der Waals surface area contributed by atoms with Crippen LogP contribution in [0.15, 0.2) is 34.6 Å². The van der Waals surface area contributed by atoms with Crippen LogP contribution in [0.3, 0.4) is 0 Å². The summed E-state index contributed by atoms with van der Waals surface area (Å²) in [6.45, 7) is 1.52. The molecular weight excluding hydrogens is 282 g/mol. The number of carbonyl (C=O) groups is 1. The van der Waals surface area contributed by atoms with E-state index in [0.717, 1.165) is 4.47 Å². The van der Waals surface area contributed by atoms with Gasteiger partial charge in [-0.05, 0) is 19.1 Å². The van der Waals surface area contributed by atoms with Gasteiger partial charge in [0.15, 0.2) is 5.83 Å². The number of hydrogen-bond donors (Lipinski definition) is 0. The van der Waals surface area contributed by atoms with E-state index in [0.29, 0.717) is 0 Å². The van der Waals surface area contributed by atoms with E-state index in [-0.39, 0.29) is 12.2 Å². The second-order valence-electron chi connectivity index (χ2n) is 2.86. The first-order chi connectivity index (χ1) is 7.56. The Morgan fingerprint density at radius 3 is 2.38 bits per heavy atom. The molecule has 0 saturated carbocycles. The highest BCUT2D eigenvalue weighted by Crippen LogP contribution is 2.23. The summed E-state index contributed by atoms with van der Waals surface area (Å²) in [6.07, 6.45) is 0. The van der Waals surface area contributed by atoms with Crippen molar-refractivity contribution in [3.8, 4) is 0 Å². The molecule has 0 spiro atoms. The highest BCUT2D eigenvalue weighted by molar-refractivity contribution is 9.10. The van der Waals surface area contributed by atoms with Crippen LogP contribution in [-0.4, -0.2) is 12.6 Å². The van der Waals surface area contributed by atoms with Crippen LogP contribution in [0.25, 0.3) is 5.83 Å². The van der Waals surface area contributed by atoms with Gasteiger partial charge in [0.05, 0.1) is 6.61 Å². The van der Waals surface area contributed by atoms with Gasteiger partial charge in [-0.3, -0.25) is 0 Å². The van der Waals surface area contributed by atoms with Gasteiger partial charge in [-0.25, -0.2) is 9.18 Å². The molecule has 0 bridgehead atoms. The summed E-state index contributed by atoms with van der Waals surface area (Å²) in [5.74, 6) is -4.02. The minimum absolute atomic E-state index is 0.000128. The number of benzene rings is 1. The van der Waals surface area contributed by atoms with Gasteiger partial charge < -0.3 is 4.74 Å². The summed E-state index contributed by atoms with van der Waals surface area (Å²) in [5.41, 5.74) is -0.00578. The molecule has 16 heavy (non-hydrogen) atoms.